The summed E-state index contributed by atoms with van der Waals surface area (Å²) >= 11 is 0. The highest BCUT2D eigenvalue weighted by Crippen LogP contribution is 2.15. The molecule has 0 spiro atoms. The fourth-order valence-electron chi connectivity index (χ4n) is 8.99. The highest BCUT2D eigenvalue weighted by Gasteiger charge is 2.25. The van der Waals surface area contributed by atoms with Crippen LogP contribution >= 0.6 is 0 Å². The molecule has 0 aromatic carbocycles. The van der Waals surface area contributed by atoms with Gasteiger partial charge < -0.3 is 28.5 Å². The Hall–Kier alpha value is -5.87. The van der Waals surface area contributed by atoms with Crippen LogP contribution in [-0.4, -0.2) is 87.4 Å². The number of likely N-dealkylation sites (N-methyl/N-ethyl adjacent to an activating group) is 1. The molecule has 0 radical (unpaired) electrons. The lowest BCUT2D eigenvalue weighted by Gasteiger charge is -2.25. The van der Waals surface area contributed by atoms with Gasteiger partial charge in [-0.15, -0.1) is 0 Å². The van der Waals surface area contributed by atoms with Crippen molar-refractivity contribution in [3.8, 4) is 0 Å². The Bertz CT molecular complexity index is 2200. The summed E-state index contributed by atoms with van der Waals surface area (Å²) in [6.07, 6.45) is 105. The Morgan fingerprint density at radius 3 is 0.879 bits per heavy atom. The molecule has 9 heteroatoms. The van der Waals surface area contributed by atoms with Gasteiger partial charge in [0.15, 0.2) is 6.10 Å². The maximum absolute atomic E-state index is 12.9. The van der Waals surface area contributed by atoms with Crippen LogP contribution in [0.25, 0.3) is 0 Å². The Kier molecular flexibility index (Phi) is 65.5. The molecule has 0 aliphatic carbocycles. The third-order valence-electron chi connectivity index (χ3n) is 14.3. The summed E-state index contributed by atoms with van der Waals surface area (Å²) in [5.74, 6) is -2.06. The van der Waals surface area contributed by atoms with Crippen molar-refractivity contribution in [2.45, 2.75) is 257 Å². The summed E-state index contributed by atoms with van der Waals surface area (Å²) in [5, 5.41) is 9.75. The van der Waals surface area contributed by atoms with Crippen LogP contribution in [0.4, 0.5) is 0 Å². The monoisotopic (exact) mass is 1260 g/mol. The molecule has 0 aliphatic heterocycles. The molecule has 0 fully saturated rings. The van der Waals surface area contributed by atoms with E-state index in [9.17, 15) is 19.5 Å². The first-order valence-corrected chi connectivity index (χ1v) is 35.6. The molecule has 0 rings (SSSR count). The average molecular weight is 1260 g/mol. The van der Waals surface area contributed by atoms with E-state index in [2.05, 4.69) is 208 Å². The first-order chi connectivity index (χ1) is 44.6. The standard InChI is InChI=1S/C82H129NO8/c1-6-8-10-12-14-16-18-20-22-24-26-28-30-32-34-36-38-39-40-41-43-45-47-49-51-53-55-57-59-61-63-65-67-69-71-73-80(85)91-78(77-90-82(81(86)87)88-75-74-83(3,4)5)76-89-79(84)72-70-68-66-64-62-60-58-56-54-52-50-48-46-44-42-37-35-33-31-29-27-25-23-21-19-17-15-13-11-9-7-2/h8-11,14-17,20-23,26-29,32-35,38-39,41-44,47,49,53,55,59,61,78,82H,6-7,12-13,18-19,24-25,30-31,36-37,40,45-46,48,50-52,54,56-58,60,62-77H2,1-5H3/p+1/b10-8-,11-9-,16-14-,17-15-,22-20-,23-21-,28-26-,29-27-,34-32-,35-33-,39-38-,43-41-,44-42-,49-47-,55-53-,61-59-. The second-order valence-corrected chi connectivity index (χ2v) is 24.1. The molecule has 0 saturated carbocycles. The zero-order valence-electron chi connectivity index (χ0n) is 58.2. The molecule has 0 heterocycles. The minimum atomic E-state index is -1.53. The average Bonchev–Trinajstić information content (AvgIpc) is 3.46. The molecule has 2 unspecified atom stereocenters. The van der Waals surface area contributed by atoms with E-state index >= 15 is 0 Å². The van der Waals surface area contributed by atoms with Gasteiger partial charge in [0.05, 0.1) is 34.4 Å². The Balaban J connectivity index is 4.25. The molecule has 0 aromatic rings. The van der Waals surface area contributed by atoms with Gasteiger partial charge in [0.2, 0.25) is 0 Å². The van der Waals surface area contributed by atoms with Crippen molar-refractivity contribution < 1.29 is 42.9 Å². The van der Waals surface area contributed by atoms with Crippen LogP contribution in [0.5, 0.6) is 0 Å². The summed E-state index contributed by atoms with van der Waals surface area (Å²) in [6, 6.07) is 0. The van der Waals surface area contributed by atoms with Crippen LogP contribution in [0.15, 0.2) is 194 Å². The van der Waals surface area contributed by atoms with E-state index < -0.39 is 24.3 Å². The summed E-state index contributed by atoms with van der Waals surface area (Å²) in [6.45, 7) is 4.60. The van der Waals surface area contributed by atoms with E-state index in [1.165, 1.54) is 64.2 Å². The number of unbranched alkanes of at least 4 members (excludes halogenated alkanes) is 16. The largest absolute Gasteiger partial charge is 0.477 e. The maximum atomic E-state index is 12.9. The first kappa shape index (κ1) is 85.1. The smallest absolute Gasteiger partial charge is 0.361 e. The fourth-order valence-corrected chi connectivity index (χ4v) is 8.99. The zero-order valence-corrected chi connectivity index (χ0v) is 58.2. The molecule has 2 atom stereocenters. The number of rotatable bonds is 63. The molecular formula is C82H130NO8+. The van der Waals surface area contributed by atoms with Crippen LogP contribution in [0, 0.1) is 0 Å². The van der Waals surface area contributed by atoms with Gasteiger partial charge in [-0.25, -0.2) is 4.79 Å². The number of hydrogen-bond acceptors (Lipinski definition) is 7. The number of esters is 2. The number of quaternary nitrogens is 1. The molecule has 0 saturated heterocycles. The third kappa shape index (κ3) is 71.4. The van der Waals surface area contributed by atoms with E-state index in [4.69, 9.17) is 18.9 Å². The molecule has 1 N–H and O–H groups in total. The van der Waals surface area contributed by atoms with E-state index in [1.807, 2.05) is 21.1 Å². The quantitative estimate of drug-likeness (QED) is 0.0211. The van der Waals surface area contributed by atoms with Gasteiger partial charge in [-0.2, -0.15) is 0 Å². The second-order valence-electron chi connectivity index (χ2n) is 24.1. The number of nitrogens with zero attached hydrogens (tertiary/aromatic N) is 1. The van der Waals surface area contributed by atoms with Crippen molar-refractivity contribution in [3.05, 3.63) is 194 Å². The van der Waals surface area contributed by atoms with Crippen molar-refractivity contribution >= 4 is 17.9 Å². The molecule has 0 aromatic heterocycles. The predicted molar refractivity (Wildman–Crippen MR) is 391 cm³/mol. The van der Waals surface area contributed by atoms with Crippen LogP contribution < -0.4 is 0 Å². The fraction of sp³-hybridized carbons (Fsp3) is 0.573. The lowest BCUT2D eigenvalue weighted by atomic mass is 10.0. The molecule has 9 nitrogen and oxygen atoms in total. The van der Waals surface area contributed by atoms with Crippen molar-refractivity contribution in [2.24, 2.45) is 0 Å². The van der Waals surface area contributed by atoms with Crippen LogP contribution in [0.3, 0.4) is 0 Å². The van der Waals surface area contributed by atoms with Crippen molar-refractivity contribution in [2.75, 3.05) is 47.5 Å². The van der Waals surface area contributed by atoms with Crippen LogP contribution in [0.2, 0.25) is 0 Å². The van der Waals surface area contributed by atoms with Crippen molar-refractivity contribution in [1.29, 1.82) is 0 Å². The number of allylic oxidation sites excluding steroid dienone is 32. The number of carbonyl (C=O) groups excluding carboxylic acids is 2. The van der Waals surface area contributed by atoms with Crippen LogP contribution in [0.1, 0.15) is 245 Å². The molecule has 0 amide bonds. The number of hydrogen-bond donors (Lipinski definition) is 1. The van der Waals surface area contributed by atoms with Crippen molar-refractivity contribution in [3.63, 3.8) is 0 Å². The summed E-state index contributed by atoms with van der Waals surface area (Å²) in [4.78, 5) is 37.6. The van der Waals surface area contributed by atoms with E-state index in [1.54, 1.807) is 0 Å². The van der Waals surface area contributed by atoms with Gasteiger partial charge in [0, 0.05) is 12.8 Å². The van der Waals surface area contributed by atoms with E-state index in [0.29, 0.717) is 17.4 Å². The lowest BCUT2D eigenvalue weighted by molar-refractivity contribution is -0.870. The van der Waals surface area contributed by atoms with Crippen LogP contribution in [-0.2, 0) is 33.3 Å². The number of carboxylic acid groups (broad SMARTS) is 1. The SMILES string of the molecule is CC/C=C\C/C=C\C/C=C\C/C=C\C/C=C\C/C=C\C/C=C\C/C=C\C/C=C\C/C=C\CCCCCCC(=O)OC(COC(=O)CCCCCCCCCCCCCC/C=C\C/C=C\C/C=C\C/C=C\C/C=C\C/C=C\CC)COC(OCC[N+](C)(C)C)C(=O)O. The minimum absolute atomic E-state index is 0.171. The molecule has 510 valence electrons. The Morgan fingerprint density at radius 1 is 0.330 bits per heavy atom. The molecule has 0 bridgehead atoms. The lowest BCUT2D eigenvalue weighted by Crippen LogP contribution is -2.40. The molecule has 0 aliphatic rings. The first-order valence-electron chi connectivity index (χ1n) is 35.6. The van der Waals surface area contributed by atoms with Gasteiger partial charge >= 0.3 is 17.9 Å². The van der Waals surface area contributed by atoms with Gasteiger partial charge in [-0.05, 0) is 141 Å². The van der Waals surface area contributed by atoms with Gasteiger partial charge in [-0.1, -0.05) is 285 Å². The highest BCUT2D eigenvalue weighted by atomic mass is 16.7. The molecular weight excluding hydrogens is 1130 g/mol. The topological polar surface area (TPSA) is 108 Å². The Morgan fingerprint density at radius 2 is 0.593 bits per heavy atom. The summed E-state index contributed by atoms with van der Waals surface area (Å²) in [7, 11) is 5.95. The van der Waals surface area contributed by atoms with Gasteiger partial charge in [0.25, 0.3) is 6.29 Å². The molecule has 91 heavy (non-hydrogen) atoms. The van der Waals surface area contributed by atoms with E-state index in [-0.39, 0.29) is 38.6 Å². The number of ether oxygens (including phenoxy) is 4. The van der Waals surface area contributed by atoms with E-state index in [0.717, 1.165) is 148 Å². The number of aliphatic carboxylic acids is 1. The summed E-state index contributed by atoms with van der Waals surface area (Å²) < 4.78 is 22.9. The van der Waals surface area contributed by atoms with Crippen molar-refractivity contribution in [1.82, 2.24) is 0 Å². The van der Waals surface area contributed by atoms with Gasteiger partial charge in [0.1, 0.15) is 13.2 Å². The zero-order chi connectivity index (χ0) is 66.1. The normalized spacial score (nSPS) is 13.9. The number of carboxylic acids is 1. The third-order valence-corrected chi connectivity index (χ3v) is 14.3. The minimum Gasteiger partial charge on any atom is -0.477 e. The second kappa shape index (κ2) is 70.0. The summed E-state index contributed by atoms with van der Waals surface area (Å²) in [5.41, 5.74) is 0. The predicted octanol–water partition coefficient (Wildman–Crippen LogP) is 22.6. The Labute approximate surface area is 557 Å². The maximum Gasteiger partial charge on any atom is 0.361 e. The highest BCUT2D eigenvalue weighted by molar-refractivity contribution is 5.71. The number of carbonyl (C=O) groups is 3. The van der Waals surface area contributed by atoms with Gasteiger partial charge in [-0.3, -0.25) is 9.59 Å².